The molecule has 1 fully saturated rings. The molecule has 3 aromatic rings. The smallest absolute Gasteiger partial charge is 0.254 e. The van der Waals surface area contributed by atoms with Gasteiger partial charge in [-0.05, 0) is 56.9 Å². The van der Waals surface area contributed by atoms with Crippen LogP contribution in [-0.4, -0.2) is 28.0 Å². The third-order valence-electron chi connectivity index (χ3n) is 6.04. The summed E-state index contributed by atoms with van der Waals surface area (Å²) < 4.78 is 28.0. The van der Waals surface area contributed by atoms with Crippen LogP contribution < -0.4 is 10.9 Å². The van der Waals surface area contributed by atoms with E-state index in [1.54, 1.807) is 44.3 Å². The molecule has 0 saturated heterocycles. The highest BCUT2D eigenvalue weighted by Gasteiger charge is 2.54. The van der Waals surface area contributed by atoms with E-state index in [0.29, 0.717) is 51.5 Å². The molecular weight excluding hydrogens is 530 g/mol. The molecule has 2 N–H and O–H groups in total. The van der Waals surface area contributed by atoms with Crippen LogP contribution in [-0.2, 0) is 16.6 Å². The number of hydrogen-bond acceptors (Lipinski definition) is 4. The molecule has 0 aliphatic heterocycles. The second-order valence-corrected chi connectivity index (χ2v) is 12.0. The molecule has 0 atom stereocenters. The number of rotatable bonds is 7. The molecule has 0 radical (unpaired) electrons. The van der Waals surface area contributed by atoms with Crippen LogP contribution in [0.4, 0.5) is 0 Å². The van der Waals surface area contributed by atoms with Crippen molar-refractivity contribution >= 4 is 54.4 Å². The van der Waals surface area contributed by atoms with Crippen LogP contribution in [0.2, 0.25) is 5.02 Å². The number of pyridine rings is 1. The third-order valence-corrected chi connectivity index (χ3v) is 9.33. The van der Waals surface area contributed by atoms with Gasteiger partial charge in [-0.3, -0.25) is 9.59 Å². The Kier molecular flexibility index (Phi) is 6.09. The van der Waals surface area contributed by atoms with E-state index in [9.17, 15) is 18.0 Å². The van der Waals surface area contributed by atoms with Crippen molar-refractivity contribution in [1.29, 1.82) is 0 Å². The summed E-state index contributed by atoms with van der Waals surface area (Å²) in [7, 11) is -3.70. The number of benzene rings is 1. The number of carbonyl (C=O) groups excluding carboxylic acids is 1. The Morgan fingerprint density at radius 2 is 2.03 bits per heavy atom. The molecule has 33 heavy (non-hydrogen) atoms. The number of hydrogen-bond donors (Lipinski definition) is 2. The Bertz CT molecular complexity index is 1470. The van der Waals surface area contributed by atoms with Crippen LogP contribution in [0.25, 0.3) is 10.9 Å². The second-order valence-electron chi connectivity index (χ2n) is 8.43. The number of amides is 1. The zero-order valence-electron chi connectivity index (χ0n) is 18.2. The maximum atomic E-state index is 13.5. The van der Waals surface area contributed by atoms with E-state index in [-0.39, 0.29) is 22.7 Å². The quantitative estimate of drug-likeness (QED) is 0.419. The minimum absolute atomic E-state index is 0.0677. The number of aromatic amines is 1. The van der Waals surface area contributed by atoms with Gasteiger partial charge in [0.15, 0.2) is 0 Å². The van der Waals surface area contributed by atoms with Gasteiger partial charge in [0, 0.05) is 21.7 Å². The van der Waals surface area contributed by atoms with Gasteiger partial charge in [-0.15, -0.1) is 6.58 Å². The van der Waals surface area contributed by atoms with Crippen molar-refractivity contribution in [2.45, 2.75) is 44.4 Å². The molecule has 2 heterocycles. The van der Waals surface area contributed by atoms with Crippen molar-refractivity contribution in [3.05, 3.63) is 79.3 Å². The predicted octanol–water partition coefficient (Wildman–Crippen LogP) is 4.58. The molecule has 0 bridgehead atoms. The summed E-state index contributed by atoms with van der Waals surface area (Å²) in [4.78, 5) is 28.0. The summed E-state index contributed by atoms with van der Waals surface area (Å²) in [6.45, 7) is 7.13. The largest absolute Gasteiger partial charge is 0.348 e. The Hall–Kier alpha value is -2.36. The fourth-order valence-corrected chi connectivity index (χ4v) is 6.98. The van der Waals surface area contributed by atoms with Gasteiger partial charge in [-0.1, -0.05) is 33.6 Å². The summed E-state index contributed by atoms with van der Waals surface area (Å²) in [5.74, 6) is -0.442. The van der Waals surface area contributed by atoms with Crippen molar-refractivity contribution in [1.82, 2.24) is 14.3 Å². The first-order valence-electron chi connectivity index (χ1n) is 10.3. The first-order chi connectivity index (χ1) is 15.5. The minimum atomic E-state index is -3.70. The van der Waals surface area contributed by atoms with Crippen molar-refractivity contribution in [2.24, 2.45) is 0 Å². The summed E-state index contributed by atoms with van der Waals surface area (Å²) in [6, 6.07) is 4.95. The summed E-state index contributed by atoms with van der Waals surface area (Å²) in [5, 5.41) is 3.54. The number of aromatic nitrogens is 2. The lowest BCUT2D eigenvalue weighted by Crippen LogP contribution is -2.29. The molecule has 0 unspecified atom stereocenters. The van der Waals surface area contributed by atoms with E-state index in [1.165, 1.54) is 3.97 Å². The van der Waals surface area contributed by atoms with Crippen LogP contribution in [0.5, 0.6) is 0 Å². The molecule has 0 spiro atoms. The third kappa shape index (κ3) is 4.06. The average molecular weight is 553 g/mol. The maximum absolute atomic E-state index is 13.5. The molecule has 1 aliphatic rings. The Morgan fingerprint density at radius 3 is 2.64 bits per heavy atom. The molecule has 7 nitrogen and oxygen atoms in total. The van der Waals surface area contributed by atoms with Crippen molar-refractivity contribution in [2.75, 3.05) is 0 Å². The number of carbonyl (C=O) groups is 1. The van der Waals surface area contributed by atoms with Crippen LogP contribution in [0, 0.1) is 13.8 Å². The van der Waals surface area contributed by atoms with E-state index >= 15 is 0 Å². The van der Waals surface area contributed by atoms with Crippen LogP contribution >= 0.6 is 27.5 Å². The van der Waals surface area contributed by atoms with Gasteiger partial charge in [-0.25, -0.2) is 12.4 Å². The lowest BCUT2D eigenvalue weighted by molar-refractivity contribution is 0.0952. The number of H-pyrrole nitrogens is 1. The lowest BCUT2D eigenvalue weighted by Gasteiger charge is -2.16. The number of nitrogens with one attached hydrogen (secondary N) is 2. The van der Waals surface area contributed by atoms with Crippen molar-refractivity contribution in [3.63, 3.8) is 0 Å². The number of fused-ring (bicyclic) bond motifs is 1. The van der Waals surface area contributed by atoms with Gasteiger partial charge in [0.05, 0.1) is 33.0 Å². The predicted molar refractivity (Wildman–Crippen MR) is 133 cm³/mol. The summed E-state index contributed by atoms with van der Waals surface area (Å²) in [5.41, 5.74) is 1.89. The normalized spacial score (nSPS) is 14.9. The van der Waals surface area contributed by atoms with Gasteiger partial charge in [0.2, 0.25) is 10.0 Å². The zero-order valence-corrected chi connectivity index (χ0v) is 21.3. The van der Waals surface area contributed by atoms with E-state index in [2.05, 4.69) is 32.8 Å². The SMILES string of the molecule is C=CCC1(S(=O)(=O)n2cc(C)c3c(C(=O)NCc4c(Cl)cc(C)[nH]c4=O)cc(Br)cc32)CC1. The average Bonchev–Trinajstić information content (AvgIpc) is 3.44. The molecule has 1 aliphatic carbocycles. The van der Waals surface area contributed by atoms with E-state index in [4.69, 9.17) is 11.6 Å². The van der Waals surface area contributed by atoms with E-state index in [1.807, 2.05) is 0 Å². The number of halogens is 2. The highest BCUT2D eigenvalue weighted by atomic mass is 79.9. The Labute approximate surface area is 205 Å². The molecule has 10 heteroatoms. The minimum Gasteiger partial charge on any atom is -0.348 e. The number of allylic oxidation sites excluding steroid dienone is 1. The molecule has 1 saturated carbocycles. The van der Waals surface area contributed by atoms with Crippen LogP contribution in [0.3, 0.4) is 0 Å². The van der Waals surface area contributed by atoms with Crippen molar-refractivity contribution < 1.29 is 13.2 Å². The molecule has 1 amide bonds. The maximum Gasteiger partial charge on any atom is 0.254 e. The standard InChI is InChI=1S/C23H23BrClN3O4S/c1-4-5-23(6-7-23)33(31,32)28-12-13(2)20-16(9-15(24)10-19(20)28)21(29)26-11-17-18(25)8-14(3)27-22(17)30/h4,8-10,12H,1,5-7,11H2,2-3H3,(H,26,29)(H,27,30). The van der Waals surface area contributed by atoms with Gasteiger partial charge in [-0.2, -0.15) is 0 Å². The Morgan fingerprint density at radius 1 is 1.33 bits per heavy atom. The first kappa shape index (κ1) is 23.8. The molecule has 174 valence electrons. The number of nitrogens with zero attached hydrogens (tertiary/aromatic N) is 1. The van der Waals surface area contributed by atoms with Crippen LogP contribution in [0.1, 0.15) is 46.4 Å². The topological polar surface area (TPSA) is 101 Å². The fourth-order valence-electron chi connectivity index (χ4n) is 4.15. The Balaban J connectivity index is 1.75. The molecule has 4 rings (SSSR count). The van der Waals surface area contributed by atoms with Gasteiger partial charge in [0.25, 0.3) is 11.5 Å². The number of aryl methyl sites for hydroxylation is 2. The van der Waals surface area contributed by atoms with Gasteiger partial charge >= 0.3 is 0 Å². The lowest BCUT2D eigenvalue weighted by atomic mass is 10.1. The fraction of sp³-hybridized carbons (Fsp3) is 0.304. The monoisotopic (exact) mass is 551 g/mol. The molecule has 2 aromatic heterocycles. The van der Waals surface area contributed by atoms with Gasteiger partial charge < -0.3 is 10.3 Å². The molecular formula is C23H23BrClN3O4S. The second kappa shape index (κ2) is 8.45. The summed E-state index contributed by atoms with van der Waals surface area (Å²) in [6.07, 6.45) is 4.73. The van der Waals surface area contributed by atoms with E-state index < -0.39 is 20.7 Å². The highest BCUT2D eigenvalue weighted by molar-refractivity contribution is 9.10. The van der Waals surface area contributed by atoms with Crippen molar-refractivity contribution in [3.8, 4) is 0 Å². The summed E-state index contributed by atoms with van der Waals surface area (Å²) >= 11 is 9.59. The first-order valence-corrected chi connectivity index (χ1v) is 13.0. The van der Waals surface area contributed by atoms with Crippen LogP contribution in [0.15, 0.2) is 46.3 Å². The van der Waals surface area contributed by atoms with E-state index in [0.717, 1.165) is 0 Å². The molecule has 1 aromatic carbocycles. The van der Waals surface area contributed by atoms with Gasteiger partial charge in [0.1, 0.15) is 0 Å². The zero-order chi connectivity index (χ0) is 24.1. The highest BCUT2D eigenvalue weighted by Crippen LogP contribution is 2.48.